The van der Waals surface area contributed by atoms with Crippen LogP contribution in [0.4, 0.5) is 5.69 Å². The van der Waals surface area contributed by atoms with Crippen LogP contribution in [-0.4, -0.2) is 63.4 Å². The Balaban J connectivity index is 2.14. The van der Waals surface area contributed by atoms with Gasteiger partial charge in [0.15, 0.2) is 0 Å². The Morgan fingerprint density at radius 2 is 1.79 bits per heavy atom. The number of carbonyl (C=O) groups excluding carboxylic acids is 2. The zero-order chi connectivity index (χ0) is 20.6. The molecular formula is C18H26N2O6S2. The molecule has 8 nitrogen and oxygen atoms in total. The normalized spacial score (nSPS) is 15.5. The summed E-state index contributed by atoms with van der Waals surface area (Å²) in [5.74, 6) is -0.329. The zero-order valence-electron chi connectivity index (χ0n) is 16.1. The highest BCUT2D eigenvalue weighted by Crippen LogP contribution is 2.30. The number of carbonyl (C=O) groups is 2. The third-order valence-corrected chi connectivity index (χ3v) is 7.13. The van der Waals surface area contributed by atoms with Crippen LogP contribution < -0.4 is 10.1 Å². The number of sulfonamides is 1. The van der Waals surface area contributed by atoms with E-state index in [1.165, 1.54) is 36.7 Å². The quantitative estimate of drug-likeness (QED) is 0.630. The van der Waals surface area contributed by atoms with Crippen LogP contribution >= 0.6 is 11.8 Å². The summed E-state index contributed by atoms with van der Waals surface area (Å²) in [4.78, 5) is 23.4. The molecule has 0 aromatic heterocycles. The Bertz CT molecular complexity index is 789. The molecule has 1 aromatic rings. The Labute approximate surface area is 170 Å². The zero-order valence-corrected chi connectivity index (χ0v) is 17.7. The third kappa shape index (κ3) is 6.11. The molecule has 0 radical (unpaired) electrons. The Morgan fingerprint density at radius 1 is 1.11 bits per heavy atom. The number of nitrogens with zero attached hydrogens (tertiary/aromatic N) is 1. The molecule has 156 valence electrons. The lowest BCUT2D eigenvalue weighted by molar-refractivity contribution is -0.137. The number of esters is 1. The van der Waals surface area contributed by atoms with Crippen LogP contribution in [0.2, 0.25) is 0 Å². The van der Waals surface area contributed by atoms with Gasteiger partial charge in [-0.3, -0.25) is 9.59 Å². The minimum Gasteiger partial charge on any atom is -0.495 e. The summed E-state index contributed by atoms with van der Waals surface area (Å²) in [5, 5.41) is 2.66. The molecule has 28 heavy (non-hydrogen) atoms. The van der Waals surface area contributed by atoms with Gasteiger partial charge in [-0.1, -0.05) is 12.8 Å². The summed E-state index contributed by atoms with van der Waals surface area (Å²) in [6.45, 7) is 1.00. The molecule has 0 aliphatic carbocycles. The molecule has 0 atom stereocenters. The molecule has 1 aliphatic heterocycles. The SMILES string of the molecule is COC(=O)CSCC(=O)Nc1cc(S(=O)(=O)N2CCCCCC2)ccc1OC. The van der Waals surface area contributed by atoms with E-state index in [-0.39, 0.29) is 28.0 Å². The monoisotopic (exact) mass is 430 g/mol. The highest BCUT2D eigenvalue weighted by molar-refractivity contribution is 8.00. The van der Waals surface area contributed by atoms with Crippen LogP contribution in [0.3, 0.4) is 0 Å². The maximum absolute atomic E-state index is 13.0. The van der Waals surface area contributed by atoms with Crippen molar-refractivity contribution in [1.29, 1.82) is 0 Å². The summed E-state index contributed by atoms with van der Waals surface area (Å²) in [6, 6.07) is 4.44. The highest BCUT2D eigenvalue weighted by atomic mass is 32.2. The predicted molar refractivity (Wildman–Crippen MR) is 108 cm³/mol. The molecule has 1 aliphatic rings. The molecule has 2 rings (SSSR count). The second-order valence-electron chi connectivity index (χ2n) is 6.30. The van der Waals surface area contributed by atoms with Crippen molar-refractivity contribution in [3.8, 4) is 5.75 Å². The van der Waals surface area contributed by atoms with E-state index >= 15 is 0 Å². The topological polar surface area (TPSA) is 102 Å². The van der Waals surface area contributed by atoms with Gasteiger partial charge in [-0.05, 0) is 31.0 Å². The summed E-state index contributed by atoms with van der Waals surface area (Å²) in [7, 11) is -0.914. The van der Waals surface area contributed by atoms with Gasteiger partial charge in [-0.2, -0.15) is 4.31 Å². The van der Waals surface area contributed by atoms with Crippen molar-refractivity contribution >= 4 is 39.3 Å². The fraction of sp³-hybridized carbons (Fsp3) is 0.556. The van der Waals surface area contributed by atoms with Crippen molar-refractivity contribution in [3.63, 3.8) is 0 Å². The van der Waals surface area contributed by atoms with Crippen LogP contribution in [0.1, 0.15) is 25.7 Å². The lowest BCUT2D eigenvalue weighted by Crippen LogP contribution is -2.32. The van der Waals surface area contributed by atoms with Gasteiger partial charge in [0.25, 0.3) is 0 Å². The van der Waals surface area contributed by atoms with Crippen molar-refractivity contribution in [2.45, 2.75) is 30.6 Å². The first-order chi connectivity index (χ1) is 13.4. The number of ether oxygens (including phenoxy) is 2. The van der Waals surface area contributed by atoms with E-state index in [1.807, 2.05) is 0 Å². The number of hydrogen-bond acceptors (Lipinski definition) is 7. The molecule has 0 bridgehead atoms. The lowest BCUT2D eigenvalue weighted by atomic mass is 10.2. The Kier molecular flexibility index (Phi) is 8.58. The van der Waals surface area contributed by atoms with Gasteiger partial charge < -0.3 is 14.8 Å². The van der Waals surface area contributed by atoms with Gasteiger partial charge in [0.05, 0.1) is 36.3 Å². The second kappa shape index (κ2) is 10.7. The first-order valence-electron chi connectivity index (χ1n) is 9.01. The van der Waals surface area contributed by atoms with Crippen molar-refractivity contribution < 1.29 is 27.5 Å². The largest absolute Gasteiger partial charge is 0.495 e. The van der Waals surface area contributed by atoms with Gasteiger partial charge in [0.1, 0.15) is 5.75 Å². The highest BCUT2D eigenvalue weighted by Gasteiger charge is 2.26. The van der Waals surface area contributed by atoms with Crippen LogP contribution in [-0.2, 0) is 24.3 Å². The Morgan fingerprint density at radius 3 is 2.39 bits per heavy atom. The van der Waals surface area contributed by atoms with Gasteiger partial charge >= 0.3 is 5.97 Å². The van der Waals surface area contributed by atoms with Crippen LogP contribution in [0.5, 0.6) is 5.75 Å². The fourth-order valence-corrected chi connectivity index (χ4v) is 5.04. The van der Waals surface area contributed by atoms with E-state index in [0.29, 0.717) is 18.8 Å². The smallest absolute Gasteiger partial charge is 0.315 e. The number of rotatable bonds is 8. The number of methoxy groups -OCH3 is 2. The molecule has 10 heteroatoms. The average Bonchev–Trinajstić information content (AvgIpc) is 2.97. The van der Waals surface area contributed by atoms with E-state index in [4.69, 9.17) is 4.74 Å². The van der Waals surface area contributed by atoms with Crippen LogP contribution in [0.15, 0.2) is 23.1 Å². The summed E-state index contributed by atoms with van der Waals surface area (Å²) >= 11 is 1.11. The number of nitrogens with one attached hydrogen (secondary N) is 1. The van der Waals surface area contributed by atoms with Crippen molar-refractivity contribution in [2.24, 2.45) is 0 Å². The molecule has 1 N–H and O–H groups in total. The number of hydrogen-bond donors (Lipinski definition) is 1. The maximum atomic E-state index is 13.0. The van der Waals surface area contributed by atoms with Crippen molar-refractivity contribution in [3.05, 3.63) is 18.2 Å². The molecule has 1 heterocycles. The molecule has 0 spiro atoms. The van der Waals surface area contributed by atoms with E-state index < -0.39 is 16.0 Å². The number of amides is 1. The van der Waals surface area contributed by atoms with Crippen molar-refractivity contribution in [1.82, 2.24) is 4.31 Å². The summed E-state index contributed by atoms with van der Waals surface area (Å²) in [5.41, 5.74) is 0.280. The molecule has 1 amide bonds. The van der Waals surface area contributed by atoms with Gasteiger partial charge in [0.2, 0.25) is 15.9 Å². The average molecular weight is 431 g/mol. The standard InChI is InChI=1S/C18H26N2O6S2/c1-25-16-8-7-14(28(23,24)20-9-5-3-4-6-10-20)11-15(16)19-17(21)12-27-13-18(22)26-2/h7-8,11H,3-6,9-10,12-13H2,1-2H3,(H,19,21). The minimum absolute atomic E-state index is 0.0291. The number of anilines is 1. The third-order valence-electron chi connectivity index (χ3n) is 4.33. The fourth-order valence-electron chi connectivity index (χ4n) is 2.85. The van der Waals surface area contributed by atoms with E-state index in [9.17, 15) is 18.0 Å². The second-order valence-corrected chi connectivity index (χ2v) is 9.22. The summed E-state index contributed by atoms with van der Waals surface area (Å²) in [6.07, 6.45) is 3.74. The van der Waals surface area contributed by atoms with Gasteiger partial charge in [-0.25, -0.2) is 8.42 Å². The molecule has 1 saturated heterocycles. The van der Waals surface area contributed by atoms with E-state index in [1.54, 1.807) is 0 Å². The van der Waals surface area contributed by atoms with Crippen LogP contribution in [0, 0.1) is 0 Å². The van der Waals surface area contributed by atoms with E-state index in [0.717, 1.165) is 37.4 Å². The number of thioether (sulfide) groups is 1. The van der Waals surface area contributed by atoms with E-state index in [2.05, 4.69) is 10.1 Å². The molecular weight excluding hydrogens is 404 g/mol. The van der Waals surface area contributed by atoms with Crippen molar-refractivity contribution in [2.75, 3.05) is 44.1 Å². The number of benzene rings is 1. The van der Waals surface area contributed by atoms with Gasteiger partial charge in [-0.15, -0.1) is 11.8 Å². The maximum Gasteiger partial charge on any atom is 0.315 e. The van der Waals surface area contributed by atoms with Gasteiger partial charge in [0, 0.05) is 13.1 Å². The lowest BCUT2D eigenvalue weighted by Gasteiger charge is -2.21. The predicted octanol–water partition coefficient (Wildman–Crippen LogP) is 2.10. The molecule has 0 unspecified atom stereocenters. The molecule has 1 fully saturated rings. The first kappa shape index (κ1) is 22.5. The Hall–Kier alpha value is -1.78. The molecule has 1 aromatic carbocycles. The summed E-state index contributed by atoms with van der Waals surface area (Å²) < 4.78 is 37.2. The van der Waals surface area contributed by atoms with Crippen LogP contribution in [0.25, 0.3) is 0 Å². The minimum atomic E-state index is -3.64. The first-order valence-corrected chi connectivity index (χ1v) is 11.6. The molecule has 0 saturated carbocycles.